The Labute approximate surface area is 110 Å². The molecule has 4 heteroatoms. The Morgan fingerprint density at radius 3 is 2.83 bits per heavy atom. The Balaban J connectivity index is 1.83. The lowest BCUT2D eigenvalue weighted by molar-refractivity contribution is 0.395. The number of likely N-dealkylation sites (N-methyl/N-ethyl adjacent to an activating group) is 1. The molecule has 0 amide bonds. The lowest BCUT2D eigenvalue weighted by atomic mass is 10.2. The average Bonchev–Trinajstić information content (AvgIpc) is 2.98. The molecule has 0 saturated carbocycles. The van der Waals surface area contributed by atoms with E-state index in [-0.39, 0.29) is 0 Å². The second-order valence-electron chi connectivity index (χ2n) is 5.39. The summed E-state index contributed by atoms with van der Waals surface area (Å²) in [5.41, 5.74) is 1.16. The number of nitrogens with zero attached hydrogens (tertiary/aromatic N) is 3. The molecule has 0 radical (unpaired) electrons. The Hall–Kier alpha value is -0.870. The Morgan fingerprint density at radius 1 is 1.44 bits per heavy atom. The van der Waals surface area contributed by atoms with Gasteiger partial charge in [-0.15, -0.1) is 0 Å². The van der Waals surface area contributed by atoms with Gasteiger partial charge in [0.05, 0.1) is 11.7 Å². The Kier molecular flexibility index (Phi) is 4.78. The predicted molar refractivity (Wildman–Crippen MR) is 74.6 cm³/mol. The topological polar surface area (TPSA) is 33.1 Å². The van der Waals surface area contributed by atoms with Crippen molar-refractivity contribution in [2.45, 2.75) is 51.7 Å². The molecule has 1 fully saturated rings. The van der Waals surface area contributed by atoms with E-state index in [1.54, 1.807) is 0 Å². The molecule has 1 N–H and O–H groups in total. The van der Waals surface area contributed by atoms with Crippen molar-refractivity contribution in [2.24, 2.45) is 0 Å². The lowest BCUT2D eigenvalue weighted by Gasteiger charge is -2.13. The van der Waals surface area contributed by atoms with Gasteiger partial charge in [0.15, 0.2) is 0 Å². The monoisotopic (exact) mass is 250 g/mol. The van der Waals surface area contributed by atoms with Crippen LogP contribution in [0.5, 0.6) is 0 Å². The number of likely N-dealkylation sites (tertiary alicyclic amines) is 1. The standard InChI is InChI=1S/C14H26N4/c1-4-14(5-2)18-9-7-12(16-18)10-15-13-6-8-17(3)11-13/h7,9,13-15H,4-6,8,10-11H2,1-3H3. The minimum atomic E-state index is 0.552. The SMILES string of the molecule is CCC(CC)n1ccc(CNC2CCN(C)C2)n1. The van der Waals surface area contributed by atoms with Gasteiger partial charge in [0.1, 0.15) is 0 Å². The number of aromatic nitrogens is 2. The highest BCUT2D eigenvalue weighted by Crippen LogP contribution is 2.14. The quantitative estimate of drug-likeness (QED) is 0.838. The van der Waals surface area contributed by atoms with Gasteiger partial charge in [-0.2, -0.15) is 5.10 Å². The summed E-state index contributed by atoms with van der Waals surface area (Å²) in [6.07, 6.45) is 5.68. The van der Waals surface area contributed by atoms with Crippen molar-refractivity contribution in [3.05, 3.63) is 18.0 Å². The van der Waals surface area contributed by atoms with Crippen molar-refractivity contribution < 1.29 is 0 Å². The van der Waals surface area contributed by atoms with E-state index in [9.17, 15) is 0 Å². The van der Waals surface area contributed by atoms with E-state index in [0.29, 0.717) is 12.1 Å². The molecule has 2 heterocycles. The molecule has 1 aromatic rings. The third kappa shape index (κ3) is 3.33. The highest BCUT2D eigenvalue weighted by atomic mass is 15.3. The summed E-state index contributed by atoms with van der Waals surface area (Å²) in [5, 5.41) is 8.27. The molecule has 0 aliphatic carbocycles. The van der Waals surface area contributed by atoms with Crippen LogP contribution in [0.3, 0.4) is 0 Å². The highest BCUT2D eigenvalue weighted by Gasteiger charge is 2.18. The van der Waals surface area contributed by atoms with Crippen LogP contribution < -0.4 is 5.32 Å². The molecule has 1 aromatic heterocycles. The zero-order chi connectivity index (χ0) is 13.0. The van der Waals surface area contributed by atoms with Gasteiger partial charge >= 0.3 is 0 Å². The van der Waals surface area contributed by atoms with Crippen LogP contribution in [0, 0.1) is 0 Å². The summed E-state index contributed by atoms with van der Waals surface area (Å²) in [6.45, 7) is 7.71. The van der Waals surface area contributed by atoms with Crippen LogP contribution in [0.25, 0.3) is 0 Å². The molecule has 1 unspecified atom stereocenters. The van der Waals surface area contributed by atoms with Crippen molar-refractivity contribution in [3.63, 3.8) is 0 Å². The summed E-state index contributed by atoms with van der Waals surface area (Å²) in [4.78, 5) is 2.38. The van der Waals surface area contributed by atoms with Crippen molar-refractivity contribution in [2.75, 3.05) is 20.1 Å². The van der Waals surface area contributed by atoms with Gasteiger partial charge < -0.3 is 10.2 Å². The number of nitrogens with one attached hydrogen (secondary N) is 1. The van der Waals surface area contributed by atoms with Crippen LogP contribution >= 0.6 is 0 Å². The second kappa shape index (κ2) is 6.34. The zero-order valence-corrected chi connectivity index (χ0v) is 11.9. The fourth-order valence-corrected chi connectivity index (χ4v) is 2.69. The Morgan fingerprint density at radius 2 is 2.22 bits per heavy atom. The fraction of sp³-hybridized carbons (Fsp3) is 0.786. The van der Waals surface area contributed by atoms with Gasteiger partial charge in [-0.3, -0.25) is 4.68 Å². The lowest BCUT2D eigenvalue weighted by Crippen LogP contribution is -2.31. The van der Waals surface area contributed by atoms with Crippen molar-refractivity contribution in [1.82, 2.24) is 20.0 Å². The molecule has 4 nitrogen and oxygen atoms in total. The van der Waals surface area contributed by atoms with E-state index in [2.05, 4.69) is 53.2 Å². The van der Waals surface area contributed by atoms with Crippen molar-refractivity contribution >= 4 is 0 Å². The van der Waals surface area contributed by atoms with Crippen LogP contribution in [0.2, 0.25) is 0 Å². The van der Waals surface area contributed by atoms with E-state index < -0.39 is 0 Å². The van der Waals surface area contributed by atoms with E-state index in [1.165, 1.54) is 13.0 Å². The summed E-state index contributed by atoms with van der Waals surface area (Å²) in [5.74, 6) is 0. The molecule has 1 aliphatic rings. The number of hydrogen-bond acceptors (Lipinski definition) is 3. The molecule has 0 aromatic carbocycles. The maximum absolute atomic E-state index is 4.67. The maximum Gasteiger partial charge on any atom is 0.0762 e. The first-order valence-corrected chi connectivity index (χ1v) is 7.18. The van der Waals surface area contributed by atoms with Crippen molar-refractivity contribution in [3.8, 4) is 0 Å². The van der Waals surface area contributed by atoms with Crippen LogP contribution in [-0.4, -0.2) is 40.9 Å². The normalized spacial score (nSPS) is 21.0. The molecule has 1 saturated heterocycles. The first-order valence-electron chi connectivity index (χ1n) is 7.18. The van der Waals surface area contributed by atoms with E-state index in [4.69, 9.17) is 0 Å². The largest absolute Gasteiger partial charge is 0.307 e. The third-order valence-electron chi connectivity index (χ3n) is 3.94. The average molecular weight is 250 g/mol. The summed E-state index contributed by atoms with van der Waals surface area (Å²) in [7, 11) is 2.18. The maximum atomic E-state index is 4.67. The molecule has 1 atom stereocenters. The van der Waals surface area contributed by atoms with Gasteiger partial charge in [-0.1, -0.05) is 13.8 Å². The summed E-state index contributed by atoms with van der Waals surface area (Å²) in [6, 6.07) is 3.33. The molecule has 1 aliphatic heterocycles. The molecule has 102 valence electrons. The number of rotatable bonds is 6. The van der Waals surface area contributed by atoms with Gasteiger partial charge in [-0.25, -0.2) is 0 Å². The second-order valence-corrected chi connectivity index (χ2v) is 5.39. The minimum Gasteiger partial charge on any atom is -0.307 e. The molecular weight excluding hydrogens is 224 g/mol. The van der Waals surface area contributed by atoms with Gasteiger partial charge in [-0.05, 0) is 38.9 Å². The molecule has 0 bridgehead atoms. The van der Waals surface area contributed by atoms with E-state index >= 15 is 0 Å². The highest BCUT2D eigenvalue weighted by molar-refractivity contribution is 5.00. The minimum absolute atomic E-state index is 0.552. The van der Waals surface area contributed by atoms with Crippen LogP contribution in [0.4, 0.5) is 0 Å². The third-order valence-corrected chi connectivity index (χ3v) is 3.94. The van der Waals surface area contributed by atoms with Gasteiger partial charge in [0.25, 0.3) is 0 Å². The number of hydrogen-bond donors (Lipinski definition) is 1. The zero-order valence-electron chi connectivity index (χ0n) is 11.9. The first-order chi connectivity index (χ1) is 8.72. The Bertz CT molecular complexity index is 356. The summed E-state index contributed by atoms with van der Waals surface area (Å²) < 4.78 is 2.12. The summed E-state index contributed by atoms with van der Waals surface area (Å²) >= 11 is 0. The van der Waals surface area contributed by atoms with E-state index in [0.717, 1.165) is 31.6 Å². The molecule has 0 spiro atoms. The van der Waals surface area contributed by atoms with Crippen LogP contribution in [0.15, 0.2) is 12.3 Å². The first kappa shape index (κ1) is 13.6. The predicted octanol–water partition coefficient (Wildman–Crippen LogP) is 2.04. The van der Waals surface area contributed by atoms with Crippen LogP contribution in [-0.2, 0) is 6.54 Å². The smallest absolute Gasteiger partial charge is 0.0762 e. The van der Waals surface area contributed by atoms with Crippen LogP contribution in [0.1, 0.15) is 44.8 Å². The molecular formula is C14H26N4. The van der Waals surface area contributed by atoms with Crippen molar-refractivity contribution in [1.29, 1.82) is 0 Å². The van der Waals surface area contributed by atoms with Gasteiger partial charge in [0.2, 0.25) is 0 Å². The van der Waals surface area contributed by atoms with Gasteiger partial charge in [0, 0.05) is 25.3 Å². The molecule has 18 heavy (non-hydrogen) atoms. The van der Waals surface area contributed by atoms with E-state index in [1.807, 2.05) is 0 Å². The molecule has 2 rings (SSSR count). The fourth-order valence-electron chi connectivity index (χ4n) is 2.69.